The van der Waals surface area contributed by atoms with Crippen molar-refractivity contribution in [3.05, 3.63) is 58.1 Å². The Balaban J connectivity index is 2.26. The maximum Gasteiger partial charge on any atom is 0.337 e. The van der Waals surface area contributed by atoms with Gasteiger partial charge < -0.3 is 19.5 Å². The maximum atomic E-state index is 12.5. The van der Waals surface area contributed by atoms with Gasteiger partial charge in [-0.15, -0.1) is 0 Å². The molecule has 0 bridgehead atoms. The number of hydrogen-bond donors (Lipinski definition) is 1. The van der Waals surface area contributed by atoms with E-state index in [2.05, 4.69) is 10.1 Å². The van der Waals surface area contributed by atoms with Gasteiger partial charge in [0.05, 0.1) is 31.4 Å². The van der Waals surface area contributed by atoms with Crippen LogP contribution in [-0.4, -0.2) is 32.7 Å². The van der Waals surface area contributed by atoms with E-state index in [1.165, 1.54) is 44.6 Å². The number of halogens is 1. The van der Waals surface area contributed by atoms with Crippen molar-refractivity contribution < 1.29 is 23.8 Å². The van der Waals surface area contributed by atoms with Gasteiger partial charge in [0.15, 0.2) is 11.5 Å². The van der Waals surface area contributed by atoms with Crippen LogP contribution in [0.1, 0.15) is 22.8 Å². The number of nitrogens with one attached hydrogen (secondary N) is 1. The zero-order valence-electron chi connectivity index (χ0n) is 16.1. The predicted octanol–water partition coefficient (Wildman–Crippen LogP) is 4.08. The van der Waals surface area contributed by atoms with E-state index in [0.717, 1.165) is 0 Å². The summed E-state index contributed by atoms with van der Waals surface area (Å²) in [4.78, 5) is 23.9. The Hall–Kier alpha value is -3.50. The van der Waals surface area contributed by atoms with Crippen molar-refractivity contribution in [3.63, 3.8) is 0 Å². The SMILES string of the molecule is CCOc1cc(Cl)c(/C=C(\C#N)C(=O)Nc2ccc(C(=O)OC)cc2)cc1OC. The van der Waals surface area contributed by atoms with E-state index < -0.39 is 11.9 Å². The number of methoxy groups -OCH3 is 2. The molecule has 1 N–H and O–H groups in total. The number of amides is 1. The second-order valence-electron chi connectivity index (χ2n) is 5.65. The molecule has 150 valence electrons. The van der Waals surface area contributed by atoms with Crippen LogP contribution in [0.2, 0.25) is 5.02 Å². The first-order chi connectivity index (χ1) is 13.9. The Bertz CT molecular complexity index is 978. The van der Waals surface area contributed by atoms with Crippen LogP contribution in [0.3, 0.4) is 0 Å². The number of ether oxygens (including phenoxy) is 3. The molecule has 7 nitrogen and oxygen atoms in total. The highest BCUT2D eigenvalue weighted by atomic mass is 35.5. The molecule has 2 aromatic rings. The number of hydrogen-bond acceptors (Lipinski definition) is 6. The van der Waals surface area contributed by atoms with Crippen molar-refractivity contribution in [2.24, 2.45) is 0 Å². The van der Waals surface area contributed by atoms with Gasteiger partial charge in [-0.25, -0.2) is 4.79 Å². The van der Waals surface area contributed by atoms with Gasteiger partial charge in [0, 0.05) is 11.8 Å². The molecule has 0 atom stereocenters. The zero-order chi connectivity index (χ0) is 21.4. The summed E-state index contributed by atoms with van der Waals surface area (Å²) in [5, 5.41) is 12.3. The maximum absolute atomic E-state index is 12.5. The molecule has 0 aliphatic rings. The lowest BCUT2D eigenvalue weighted by atomic mass is 10.1. The lowest BCUT2D eigenvalue weighted by Gasteiger charge is -2.11. The van der Waals surface area contributed by atoms with Crippen molar-refractivity contribution in [2.45, 2.75) is 6.92 Å². The second kappa shape index (κ2) is 10.2. The van der Waals surface area contributed by atoms with Crippen LogP contribution >= 0.6 is 11.6 Å². The summed E-state index contributed by atoms with van der Waals surface area (Å²) in [6, 6.07) is 11.1. The molecular formula is C21H19ClN2O5. The standard InChI is InChI=1S/C21H19ClN2O5/c1-4-29-19-11-17(22)14(10-18(19)27-2)9-15(12-23)20(25)24-16-7-5-13(6-8-16)21(26)28-3/h5-11H,4H2,1-3H3,(H,24,25)/b15-9+. The molecule has 0 aliphatic carbocycles. The fourth-order valence-corrected chi connectivity index (χ4v) is 2.61. The molecule has 0 spiro atoms. The smallest absolute Gasteiger partial charge is 0.337 e. The van der Waals surface area contributed by atoms with Gasteiger partial charge in [0.25, 0.3) is 5.91 Å². The molecule has 0 heterocycles. The molecule has 0 saturated carbocycles. The van der Waals surface area contributed by atoms with Crippen molar-refractivity contribution in [1.29, 1.82) is 5.26 Å². The molecule has 0 unspecified atom stereocenters. The average Bonchev–Trinajstić information content (AvgIpc) is 2.73. The summed E-state index contributed by atoms with van der Waals surface area (Å²) < 4.78 is 15.3. The van der Waals surface area contributed by atoms with Crippen LogP contribution in [0.25, 0.3) is 6.08 Å². The van der Waals surface area contributed by atoms with Gasteiger partial charge in [-0.3, -0.25) is 4.79 Å². The third kappa shape index (κ3) is 5.50. The number of nitriles is 1. The fourth-order valence-electron chi connectivity index (χ4n) is 2.40. The predicted molar refractivity (Wildman–Crippen MR) is 109 cm³/mol. The molecule has 1 amide bonds. The number of carbonyl (C=O) groups is 2. The number of carbonyl (C=O) groups excluding carboxylic acids is 2. The minimum atomic E-state index is -0.623. The second-order valence-corrected chi connectivity index (χ2v) is 6.06. The first-order valence-electron chi connectivity index (χ1n) is 8.55. The highest BCUT2D eigenvalue weighted by Crippen LogP contribution is 2.34. The van der Waals surface area contributed by atoms with E-state index in [1.807, 2.05) is 13.0 Å². The van der Waals surface area contributed by atoms with Crippen molar-refractivity contribution in [3.8, 4) is 17.6 Å². The highest BCUT2D eigenvalue weighted by molar-refractivity contribution is 6.32. The zero-order valence-corrected chi connectivity index (χ0v) is 16.9. The van der Waals surface area contributed by atoms with E-state index >= 15 is 0 Å². The molecule has 8 heteroatoms. The number of benzene rings is 2. The van der Waals surface area contributed by atoms with E-state index in [9.17, 15) is 14.9 Å². The first-order valence-corrected chi connectivity index (χ1v) is 8.93. The Morgan fingerprint density at radius 2 is 1.86 bits per heavy atom. The quantitative estimate of drug-likeness (QED) is 0.416. The Labute approximate surface area is 173 Å². The highest BCUT2D eigenvalue weighted by Gasteiger charge is 2.14. The third-order valence-electron chi connectivity index (χ3n) is 3.81. The van der Waals surface area contributed by atoms with Gasteiger partial charge in [-0.1, -0.05) is 11.6 Å². The Kier molecular flexibility index (Phi) is 7.63. The normalized spacial score (nSPS) is 10.7. The molecule has 0 saturated heterocycles. The van der Waals surface area contributed by atoms with Crippen molar-refractivity contribution in [2.75, 3.05) is 26.1 Å². The average molecular weight is 415 g/mol. The van der Waals surface area contributed by atoms with Crippen molar-refractivity contribution >= 4 is 35.2 Å². The lowest BCUT2D eigenvalue weighted by molar-refractivity contribution is -0.112. The van der Waals surface area contributed by atoms with Crippen LogP contribution in [0.5, 0.6) is 11.5 Å². The summed E-state index contributed by atoms with van der Waals surface area (Å²) in [6.45, 7) is 2.26. The lowest BCUT2D eigenvalue weighted by Crippen LogP contribution is -2.13. The molecular weight excluding hydrogens is 396 g/mol. The Morgan fingerprint density at radius 3 is 2.41 bits per heavy atom. The molecule has 0 aliphatic heterocycles. The largest absolute Gasteiger partial charge is 0.493 e. The van der Waals surface area contributed by atoms with Crippen LogP contribution in [0.15, 0.2) is 42.0 Å². The van der Waals surface area contributed by atoms with Gasteiger partial charge >= 0.3 is 5.97 Å². The number of esters is 1. The molecule has 29 heavy (non-hydrogen) atoms. The molecule has 2 aromatic carbocycles. The molecule has 0 aromatic heterocycles. The summed E-state index contributed by atoms with van der Waals surface area (Å²) >= 11 is 6.26. The van der Waals surface area contributed by atoms with Crippen molar-refractivity contribution in [1.82, 2.24) is 0 Å². The number of nitrogens with zero attached hydrogens (tertiary/aromatic N) is 1. The molecule has 2 rings (SSSR count). The third-order valence-corrected chi connectivity index (χ3v) is 4.14. The van der Waals surface area contributed by atoms with Gasteiger partial charge in [-0.2, -0.15) is 5.26 Å². The van der Waals surface area contributed by atoms with E-state index in [1.54, 1.807) is 12.1 Å². The minimum absolute atomic E-state index is 0.157. The van der Waals surface area contributed by atoms with Crippen LogP contribution in [0, 0.1) is 11.3 Å². The minimum Gasteiger partial charge on any atom is -0.493 e. The number of anilines is 1. The van der Waals surface area contributed by atoms with E-state index in [4.69, 9.17) is 21.1 Å². The summed E-state index contributed by atoms with van der Waals surface area (Å²) in [5.41, 5.74) is 1.03. The van der Waals surface area contributed by atoms with Gasteiger partial charge in [-0.05, 0) is 48.9 Å². The monoisotopic (exact) mass is 414 g/mol. The van der Waals surface area contributed by atoms with Crippen LogP contribution in [0.4, 0.5) is 5.69 Å². The first kappa shape index (κ1) is 21.8. The summed E-state index contributed by atoms with van der Waals surface area (Å²) in [5.74, 6) is -0.216. The van der Waals surface area contributed by atoms with Gasteiger partial charge in [0.2, 0.25) is 0 Å². The summed E-state index contributed by atoms with van der Waals surface area (Å²) in [6.07, 6.45) is 1.36. The van der Waals surface area contributed by atoms with E-state index in [0.29, 0.717) is 39.9 Å². The summed E-state index contributed by atoms with van der Waals surface area (Å²) in [7, 11) is 2.76. The van der Waals surface area contributed by atoms with E-state index in [-0.39, 0.29) is 5.57 Å². The van der Waals surface area contributed by atoms with Crippen LogP contribution < -0.4 is 14.8 Å². The molecule has 0 radical (unpaired) electrons. The van der Waals surface area contributed by atoms with Gasteiger partial charge in [0.1, 0.15) is 11.6 Å². The molecule has 0 fully saturated rings. The Morgan fingerprint density at radius 1 is 1.17 bits per heavy atom. The fraction of sp³-hybridized carbons (Fsp3) is 0.190. The topological polar surface area (TPSA) is 97.7 Å². The number of rotatable bonds is 7. The van der Waals surface area contributed by atoms with Crippen LogP contribution in [-0.2, 0) is 9.53 Å².